The SMILES string of the molecule is O=[N+]([O-])c1ccc([C-]([N+](=O)[O-])[N+](=O)[O-])c(Cl)c1.[K+]. The Hall–Kier alpha value is -0.784. The third-order valence-corrected chi connectivity index (χ3v) is 2.06. The quantitative estimate of drug-likeness (QED) is 0.292. The Morgan fingerprint density at radius 2 is 1.56 bits per heavy atom. The van der Waals surface area contributed by atoms with Gasteiger partial charge in [0.05, 0.1) is 14.8 Å². The smallest absolute Gasteiger partial charge is 0.265 e. The molecule has 0 unspecified atom stereocenters. The molecule has 0 bridgehead atoms. The Kier molecular flexibility index (Phi) is 6.66. The van der Waals surface area contributed by atoms with Crippen molar-refractivity contribution in [3.05, 3.63) is 65.3 Å². The van der Waals surface area contributed by atoms with Crippen LogP contribution in [0.4, 0.5) is 5.69 Å². The van der Waals surface area contributed by atoms with Gasteiger partial charge in [-0.05, 0) is 22.7 Å². The van der Waals surface area contributed by atoms with E-state index in [1.807, 2.05) is 0 Å². The summed E-state index contributed by atoms with van der Waals surface area (Å²) >= 11 is 5.52. The number of nitro benzene ring substituents is 1. The Morgan fingerprint density at radius 1 is 1.06 bits per heavy atom. The number of hydrogen-bond acceptors (Lipinski definition) is 6. The van der Waals surface area contributed by atoms with Gasteiger partial charge in [-0.25, -0.2) is 0 Å². The predicted molar refractivity (Wildman–Crippen MR) is 54.4 cm³/mol. The Balaban J connectivity index is 0.00000289. The van der Waals surface area contributed by atoms with Crippen molar-refractivity contribution in [1.29, 1.82) is 0 Å². The Bertz CT molecular complexity index is 496. The van der Waals surface area contributed by atoms with E-state index in [1.54, 1.807) is 0 Å². The van der Waals surface area contributed by atoms with Gasteiger partial charge >= 0.3 is 57.6 Å². The minimum atomic E-state index is -1.33. The van der Waals surface area contributed by atoms with Crippen LogP contribution in [0, 0.1) is 36.5 Å². The summed E-state index contributed by atoms with van der Waals surface area (Å²) in [5, 5.41) is 30.8. The van der Waals surface area contributed by atoms with Gasteiger partial charge in [0.25, 0.3) is 0 Å². The first kappa shape index (κ1) is 17.2. The van der Waals surface area contributed by atoms with Crippen LogP contribution < -0.4 is 51.4 Å². The van der Waals surface area contributed by atoms with Crippen LogP contribution in [-0.4, -0.2) is 14.8 Å². The second kappa shape index (κ2) is 6.97. The normalized spacial score (nSPS) is 9.17. The van der Waals surface area contributed by atoms with E-state index in [9.17, 15) is 30.3 Å². The van der Waals surface area contributed by atoms with Crippen molar-refractivity contribution in [2.24, 2.45) is 0 Å². The molecule has 90 valence electrons. The van der Waals surface area contributed by atoms with Crippen LogP contribution in [0.15, 0.2) is 18.2 Å². The van der Waals surface area contributed by atoms with Crippen molar-refractivity contribution in [3.8, 4) is 0 Å². The van der Waals surface area contributed by atoms with Gasteiger partial charge in [-0.15, -0.1) is 6.07 Å². The minimum Gasteiger partial charge on any atom is -0.265 e. The first-order chi connectivity index (χ1) is 7.84. The van der Waals surface area contributed by atoms with E-state index >= 15 is 0 Å². The van der Waals surface area contributed by atoms with Crippen molar-refractivity contribution >= 4 is 17.3 Å². The maximum absolute atomic E-state index is 10.4. The fourth-order valence-electron chi connectivity index (χ4n) is 1.06. The zero-order valence-electron chi connectivity index (χ0n) is 8.90. The molecule has 0 radical (unpaired) electrons. The van der Waals surface area contributed by atoms with E-state index in [0.717, 1.165) is 18.2 Å². The maximum atomic E-state index is 10.4. The topological polar surface area (TPSA) is 129 Å². The summed E-state index contributed by atoms with van der Waals surface area (Å²) in [6, 6.07) is 2.57. The number of benzene rings is 1. The molecule has 0 saturated carbocycles. The molecule has 0 amide bonds. The van der Waals surface area contributed by atoms with Gasteiger partial charge in [0, 0.05) is 0 Å². The second-order valence-corrected chi connectivity index (χ2v) is 3.17. The largest absolute Gasteiger partial charge is 1.00 e. The monoisotopic (exact) mass is 299 g/mol. The van der Waals surface area contributed by atoms with E-state index in [0.29, 0.717) is 0 Å². The van der Waals surface area contributed by atoms with Crippen LogP contribution in [0.5, 0.6) is 0 Å². The van der Waals surface area contributed by atoms with Gasteiger partial charge in [-0.2, -0.15) is 11.6 Å². The summed E-state index contributed by atoms with van der Waals surface area (Å²) in [7, 11) is 0. The number of rotatable bonds is 4. The predicted octanol–water partition coefficient (Wildman–Crippen LogP) is -1.36. The first-order valence-corrected chi connectivity index (χ1v) is 4.32. The molecule has 11 heteroatoms. The van der Waals surface area contributed by atoms with E-state index in [4.69, 9.17) is 11.6 Å². The molecule has 1 aromatic rings. The molecule has 0 N–H and O–H groups in total. The van der Waals surface area contributed by atoms with Crippen LogP contribution in [0.3, 0.4) is 0 Å². The van der Waals surface area contributed by atoms with E-state index in [2.05, 4.69) is 0 Å². The molecule has 0 aliphatic heterocycles. The summed E-state index contributed by atoms with van der Waals surface area (Å²) in [5.74, 6) is 0. The zero-order valence-corrected chi connectivity index (χ0v) is 12.8. The molecule has 0 heterocycles. The van der Waals surface area contributed by atoms with Crippen LogP contribution in [-0.2, 0) is 0 Å². The molecular weight excluding hydrogens is 297 g/mol. The number of nitrogens with zero attached hydrogens (tertiary/aromatic N) is 3. The molecule has 1 aromatic carbocycles. The van der Waals surface area contributed by atoms with E-state index in [1.165, 1.54) is 0 Å². The van der Waals surface area contributed by atoms with Crippen molar-refractivity contribution in [2.45, 2.75) is 0 Å². The number of hydrogen-bond donors (Lipinski definition) is 0. The van der Waals surface area contributed by atoms with Crippen molar-refractivity contribution in [1.82, 2.24) is 0 Å². The molecule has 1 rings (SSSR count). The molecule has 0 aliphatic rings. The van der Waals surface area contributed by atoms with Crippen molar-refractivity contribution < 1.29 is 66.2 Å². The molecule has 9 nitrogen and oxygen atoms in total. The molecule has 0 atom stereocenters. The average molecular weight is 300 g/mol. The van der Waals surface area contributed by atoms with Crippen LogP contribution in [0.2, 0.25) is 5.02 Å². The third kappa shape index (κ3) is 3.86. The average Bonchev–Trinajstić information content (AvgIpc) is 2.19. The molecule has 18 heavy (non-hydrogen) atoms. The van der Waals surface area contributed by atoms with E-state index in [-0.39, 0.29) is 51.4 Å². The number of halogens is 1. The summed E-state index contributed by atoms with van der Waals surface area (Å²) in [5.41, 5.74) is -0.892. The van der Waals surface area contributed by atoms with Crippen LogP contribution in [0.25, 0.3) is 0 Å². The van der Waals surface area contributed by atoms with E-state index < -0.39 is 37.2 Å². The molecule has 0 aromatic heterocycles. The summed E-state index contributed by atoms with van der Waals surface area (Å²) in [4.78, 5) is 28.1. The molecule has 0 spiro atoms. The third-order valence-electron chi connectivity index (χ3n) is 1.75. The fourth-order valence-corrected chi connectivity index (χ4v) is 1.32. The molecule has 0 saturated heterocycles. The van der Waals surface area contributed by atoms with Gasteiger partial charge in [-0.1, -0.05) is 0 Å². The minimum absolute atomic E-state index is 0. The van der Waals surface area contributed by atoms with Gasteiger partial charge in [-0.3, -0.25) is 30.3 Å². The van der Waals surface area contributed by atoms with Crippen LogP contribution >= 0.6 is 11.6 Å². The summed E-state index contributed by atoms with van der Waals surface area (Å²) < 4.78 is 0. The maximum Gasteiger partial charge on any atom is 1.00 e. The number of non-ortho nitro benzene ring substituents is 1. The fraction of sp³-hybridized carbons (Fsp3) is 0. The zero-order chi connectivity index (χ0) is 13.2. The standard InChI is InChI=1S/C7H3ClN3O6.K/c8-6-3-4(9(12)13)1-2-5(6)7(10(14)15)11(16)17;/h1-3H;/q-1;+1. The molecular formula is C7H3ClKN3O6. The molecule has 0 aliphatic carbocycles. The second-order valence-electron chi connectivity index (χ2n) is 2.76. The number of nitro groups is 3. The van der Waals surface area contributed by atoms with Crippen LogP contribution in [0.1, 0.15) is 5.56 Å². The molecule has 0 fully saturated rings. The van der Waals surface area contributed by atoms with Gasteiger partial charge in [0.2, 0.25) is 5.69 Å². The summed E-state index contributed by atoms with van der Waals surface area (Å²) in [6.45, 7) is 0. The van der Waals surface area contributed by atoms with Gasteiger partial charge in [0.1, 0.15) is 0 Å². The summed E-state index contributed by atoms with van der Waals surface area (Å²) in [6.07, 6.45) is -1.33. The Morgan fingerprint density at radius 3 is 1.89 bits per heavy atom. The van der Waals surface area contributed by atoms with Gasteiger partial charge in [0.15, 0.2) is 0 Å². The van der Waals surface area contributed by atoms with Crippen molar-refractivity contribution in [2.75, 3.05) is 0 Å². The Labute approximate surface area is 147 Å². The van der Waals surface area contributed by atoms with Gasteiger partial charge < -0.3 is 0 Å². The van der Waals surface area contributed by atoms with Crippen molar-refractivity contribution in [3.63, 3.8) is 0 Å². The first-order valence-electron chi connectivity index (χ1n) is 3.94.